The van der Waals surface area contributed by atoms with E-state index in [0.717, 1.165) is 25.2 Å². The van der Waals surface area contributed by atoms with Crippen molar-refractivity contribution in [2.45, 2.75) is 32.7 Å². The molecule has 1 unspecified atom stereocenters. The van der Waals surface area contributed by atoms with Crippen LogP contribution in [0.5, 0.6) is 0 Å². The SMILES string of the molecule is Cc1cccnc1NCCCC(C)N. The van der Waals surface area contributed by atoms with E-state index in [1.165, 1.54) is 5.56 Å². The van der Waals surface area contributed by atoms with Crippen molar-refractivity contribution in [3.05, 3.63) is 23.9 Å². The number of nitrogens with zero attached hydrogens (tertiary/aromatic N) is 1. The number of pyridine rings is 1. The molecule has 3 heteroatoms. The molecule has 0 aliphatic rings. The van der Waals surface area contributed by atoms with Crippen molar-refractivity contribution in [1.82, 2.24) is 4.98 Å². The quantitative estimate of drug-likeness (QED) is 0.702. The van der Waals surface area contributed by atoms with Crippen LogP contribution in [0.15, 0.2) is 18.3 Å². The number of rotatable bonds is 5. The van der Waals surface area contributed by atoms with Gasteiger partial charge in [-0.2, -0.15) is 0 Å². The molecule has 0 saturated heterocycles. The molecule has 1 aromatic rings. The lowest BCUT2D eigenvalue weighted by atomic mass is 10.2. The number of nitrogens with two attached hydrogens (primary N) is 1. The molecule has 0 saturated carbocycles. The normalized spacial score (nSPS) is 12.5. The van der Waals surface area contributed by atoms with Gasteiger partial charge in [-0.3, -0.25) is 0 Å². The molecule has 0 fully saturated rings. The molecule has 1 rings (SSSR count). The van der Waals surface area contributed by atoms with Gasteiger partial charge in [0, 0.05) is 18.8 Å². The van der Waals surface area contributed by atoms with Gasteiger partial charge >= 0.3 is 0 Å². The number of hydrogen-bond donors (Lipinski definition) is 2. The Balaban J connectivity index is 2.28. The zero-order valence-corrected chi connectivity index (χ0v) is 8.96. The summed E-state index contributed by atoms with van der Waals surface area (Å²) in [5.41, 5.74) is 6.85. The molecule has 0 radical (unpaired) electrons. The summed E-state index contributed by atoms with van der Waals surface area (Å²) in [5, 5.41) is 3.30. The first-order valence-corrected chi connectivity index (χ1v) is 5.11. The highest BCUT2D eigenvalue weighted by atomic mass is 15.0. The van der Waals surface area contributed by atoms with E-state index in [2.05, 4.69) is 23.3 Å². The van der Waals surface area contributed by atoms with Gasteiger partial charge in [0.2, 0.25) is 0 Å². The maximum Gasteiger partial charge on any atom is 0.128 e. The second-order valence-electron chi connectivity index (χ2n) is 3.72. The van der Waals surface area contributed by atoms with Crippen LogP contribution in [0, 0.1) is 6.92 Å². The van der Waals surface area contributed by atoms with Gasteiger partial charge < -0.3 is 11.1 Å². The van der Waals surface area contributed by atoms with Crippen molar-refractivity contribution in [3.63, 3.8) is 0 Å². The van der Waals surface area contributed by atoms with Crippen LogP contribution in [0.3, 0.4) is 0 Å². The number of aromatic nitrogens is 1. The Hall–Kier alpha value is -1.09. The first-order chi connectivity index (χ1) is 6.70. The van der Waals surface area contributed by atoms with Gasteiger partial charge in [-0.1, -0.05) is 6.07 Å². The lowest BCUT2D eigenvalue weighted by Gasteiger charge is -2.08. The average molecular weight is 193 g/mol. The van der Waals surface area contributed by atoms with Gasteiger partial charge in [0.15, 0.2) is 0 Å². The van der Waals surface area contributed by atoms with Crippen molar-refractivity contribution >= 4 is 5.82 Å². The van der Waals surface area contributed by atoms with Crippen molar-refractivity contribution in [3.8, 4) is 0 Å². The first kappa shape index (κ1) is 11.0. The van der Waals surface area contributed by atoms with Crippen molar-refractivity contribution in [1.29, 1.82) is 0 Å². The average Bonchev–Trinajstić information content (AvgIpc) is 2.15. The van der Waals surface area contributed by atoms with Crippen molar-refractivity contribution in [2.75, 3.05) is 11.9 Å². The van der Waals surface area contributed by atoms with Crippen LogP contribution in [0.2, 0.25) is 0 Å². The number of aryl methyl sites for hydroxylation is 1. The van der Waals surface area contributed by atoms with E-state index in [0.29, 0.717) is 6.04 Å². The topological polar surface area (TPSA) is 50.9 Å². The van der Waals surface area contributed by atoms with Crippen LogP contribution in [-0.2, 0) is 0 Å². The summed E-state index contributed by atoms with van der Waals surface area (Å²) in [6, 6.07) is 4.30. The van der Waals surface area contributed by atoms with E-state index in [1.807, 2.05) is 13.0 Å². The smallest absolute Gasteiger partial charge is 0.128 e. The third-order valence-electron chi connectivity index (χ3n) is 2.14. The van der Waals surface area contributed by atoms with Crippen molar-refractivity contribution in [2.24, 2.45) is 5.73 Å². The molecular formula is C11H19N3. The predicted molar refractivity (Wildman–Crippen MR) is 60.3 cm³/mol. The summed E-state index contributed by atoms with van der Waals surface area (Å²) in [6.45, 7) is 5.03. The van der Waals surface area contributed by atoms with Crippen LogP contribution in [0.1, 0.15) is 25.3 Å². The Morgan fingerprint density at radius 1 is 1.57 bits per heavy atom. The fraction of sp³-hybridized carbons (Fsp3) is 0.545. The lowest BCUT2D eigenvalue weighted by molar-refractivity contribution is 0.639. The highest BCUT2D eigenvalue weighted by Gasteiger charge is 1.97. The molecule has 14 heavy (non-hydrogen) atoms. The summed E-state index contributed by atoms with van der Waals surface area (Å²) in [4.78, 5) is 4.25. The molecule has 0 aromatic carbocycles. The number of anilines is 1. The number of nitrogens with one attached hydrogen (secondary N) is 1. The molecular weight excluding hydrogens is 174 g/mol. The fourth-order valence-electron chi connectivity index (χ4n) is 1.30. The van der Waals surface area contributed by atoms with E-state index in [9.17, 15) is 0 Å². The summed E-state index contributed by atoms with van der Waals surface area (Å²) in [5.74, 6) is 0.983. The molecule has 0 aliphatic carbocycles. The maximum absolute atomic E-state index is 5.66. The molecule has 0 spiro atoms. The Bertz CT molecular complexity index is 271. The molecule has 3 nitrogen and oxygen atoms in total. The van der Waals surface area contributed by atoms with Gasteiger partial charge in [-0.15, -0.1) is 0 Å². The van der Waals surface area contributed by atoms with E-state index >= 15 is 0 Å². The second kappa shape index (κ2) is 5.60. The van der Waals surface area contributed by atoms with E-state index in [-0.39, 0.29) is 0 Å². The Morgan fingerprint density at radius 3 is 3.00 bits per heavy atom. The molecule has 78 valence electrons. The highest BCUT2D eigenvalue weighted by Crippen LogP contribution is 2.09. The Kier molecular flexibility index (Phi) is 4.40. The van der Waals surface area contributed by atoms with Crippen LogP contribution < -0.4 is 11.1 Å². The minimum absolute atomic E-state index is 0.293. The van der Waals surface area contributed by atoms with Crippen LogP contribution in [0.4, 0.5) is 5.82 Å². The predicted octanol–water partition coefficient (Wildman–Crippen LogP) is 1.93. The van der Waals surface area contributed by atoms with Crippen LogP contribution in [-0.4, -0.2) is 17.6 Å². The van der Waals surface area contributed by atoms with Gasteiger partial charge in [-0.25, -0.2) is 4.98 Å². The molecule has 0 amide bonds. The lowest BCUT2D eigenvalue weighted by Crippen LogP contribution is -2.16. The summed E-state index contributed by atoms with van der Waals surface area (Å²) >= 11 is 0. The van der Waals surface area contributed by atoms with Gasteiger partial charge in [0.25, 0.3) is 0 Å². The monoisotopic (exact) mass is 193 g/mol. The van der Waals surface area contributed by atoms with Gasteiger partial charge in [0.1, 0.15) is 5.82 Å². The molecule has 0 bridgehead atoms. The fourth-order valence-corrected chi connectivity index (χ4v) is 1.30. The minimum Gasteiger partial charge on any atom is -0.370 e. The van der Waals surface area contributed by atoms with Crippen molar-refractivity contribution < 1.29 is 0 Å². The van der Waals surface area contributed by atoms with Gasteiger partial charge in [0.05, 0.1) is 0 Å². The summed E-state index contributed by atoms with van der Waals surface area (Å²) in [6.07, 6.45) is 3.95. The van der Waals surface area contributed by atoms with Gasteiger partial charge in [-0.05, 0) is 38.3 Å². The molecule has 3 N–H and O–H groups in total. The standard InChI is InChI=1S/C11H19N3/c1-9-5-3-7-13-11(9)14-8-4-6-10(2)12/h3,5,7,10H,4,6,8,12H2,1-2H3,(H,13,14). The summed E-state index contributed by atoms with van der Waals surface area (Å²) < 4.78 is 0. The third-order valence-corrected chi connectivity index (χ3v) is 2.14. The van der Waals surface area contributed by atoms with E-state index in [1.54, 1.807) is 6.20 Å². The zero-order chi connectivity index (χ0) is 10.4. The Labute approximate surface area is 85.7 Å². The van der Waals surface area contributed by atoms with Crippen LogP contribution >= 0.6 is 0 Å². The molecule has 1 heterocycles. The molecule has 1 atom stereocenters. The summed E-state index contributed by atoms with van der Waals surface area (Å²) in [7, 11) is 0. The molecule has 1 aromatic heterocycles. The zero-order valence-electron chi connectivity index (χ0n) is 8.96. The van der Waals surface area contributed by atoms with Crippen LogP contribution in [0.25, 0.3) is 0 Å². The highest BCUT2D eigenvalue weighted by molar-refractivity contribution is 5.42. The van der Waals surface area contributed by atoms with E-state index < -0.39 is 0 Å². The first-order valence-electron chi connectivity index (χ1n) is 5.11. The Morgan fingerprint density at radius 2 is 2.36 bits per heavy atom. The number of hydrogen-bond acceptors (Lipinski definition) is 3. The van der Waals surface area contributed by atoms with E-state index in [4.69, 9.17) is 5.73 Å². The second-order valence-corrected chi connectivity index (χ2v) is 3.72. The third kappa shape index (κ3) is 3.75. The largest absolute Gasteiger partial charge is 0.370 e. The minimum atomic E-state index is 0.293. The molecule has 0 aliphatic heterocycles. The maximum atomic E-state index is 5.66.